The van der Waals surface area contributed by atoms with Gasteiger partial charge in [-0.05, 0) is 83.4 Å². The second-order valence-electron chi connectivity index (χ2n) is 9.76. The van der Waals surface area contributed by atoms with Gasteiger partial charge in [-0.1, -0.05) is 56.3 Å². The van der Waals surface area contributed by atoms with Gasteiger partial charge in [0.2, 0.25) is 0 Å². The second kappa shape index (κ2) is 5.56. The average Bonchev–Trinajstić information content (AvgIpc) is 3.41. The third-order valence-corrected chi connectivity index (χ3v) is 7.97. The smallest absolute Gasteiger partial charge is 0.0708 e. The molecule has 2 bridgehead atoms. The van der Waals surface area contributed by atoms with E-state index in [1.165, 1.54) is 65.5 Å². The van der Waals surface area contributed by atoms with Gasteiger partial charge in [0, 0.05) is 17.2 Å². The van der Waals surface area contributed by atoms with Crippen LogP contribution in [0, 0.1) is 5.92 Å². The molecule has 3 aliphatic rings. The third-order valence-electron chi connectivity index (χ3n) is 7.97. The van der Waals surface area contributed by atoms with Crippen LogP contribution >= 0.6 is 0 Å². The van der Waals surface area contributed by atoms with E-state index >= 15 is 0 Å². The highest BCUT2D eigenvalue weighted by molar-refractivity contribution is 5.87. The molecular weight excluding hydrogens is 338 g/mol. The highest BCUT2D eigenvalue weighted by Crippen LogP contribution is 2.56. The third kappa shape index (κ3) is 2.11. The first-order valence-corrected chi connectivity index (χ1v) is 10.8. The molecule has 2 saturated carbocycles. The van der Waals surface area contributed by atoms with Crippen LogP contribution in [0.1, 0.15) is 62.6 Å². The molecular formula is C27H27N. The summed E-state index contributed by atoms with van der Waals surface area (Å²) in [6.45, 7) is 4.73. The number of pyridine rings is 1. The number of benzene rings is 2. The summed E-state index contributed by atoms with van der Waals surface area (Å²) in [7, 11) is 0. The van der Waals surface area contributed by atoms with E-state index in [2.05, 4.69) is 74.6 Å². The zero-order valence-electron chi connectivity index (χ0n) is 16.8. The Balaban J connectivity index is 1.53. The number of fused-ring (bicyclic) bond motifs is 5. The highest BCUT2D eigenvalue weighted by Gasteiger charge is 2.46. The Kier molecular flexibility index (Phi) is 3.29. The van der Waals surface area contributed by atoms with Crippen LogP contribution in [0.15, 0.2) is 60.8 Å². The Bertz CT molecular complexity index is 1080. The van der Waals surface area contributed by atoms with Gasteiger partial charge in [-0.15, -0.1) is 0 Å². The predicted octanol–water partition coefficient (Wildman–Crippen LogP) is 6.89. The summed E-state index contributed by atoms with van der Waals surface area (Å²) in [5.41, 5.74) is 10.1. The molecule has 0 aliphatic heterocycles. The minimum Gasteiger partial charge on any atom is -0.256 e. The monoisotopic (exact) mass is 365 g/mol. The summed E-state index contributed by atoms with van der Waals surface area (Å²) in [5, 5.41) is 0. The zero-order valence-corrected chi connectivity index (χ0v) is 16.8. The van der Waals surface area contributed by atoms with E-state index in [-0.39, 0.29) is 5.41 Å². The van der Waals surface area contributed by atoms with Gasteiger partial charge in [-0.2, -0.15) is 0 Å². The van der Waals surface area contributed by atoms with Gasteiger partial charge in [-0.25, -0.2) is 0 Å². The Labute approximate surface area is 167 Å². The topological polar surface area (TPSA) is 12.9 Å². The molecule has 3 aromatic rings. The maximum Gasteiger partial charge on any atom is 0.0708 e. The fourth-order valence-electron chi connectivity index (χ4n) is 6.57. The van der Waals surface area contributed by atoms with Gasteiger partial charge in [0.15, 0.2) is 0 Å². The van der Waals surface area contributed by atoms with Crippen LogP contribution in [0.2, 0.25) is 0 Å². The fraction of sp³-hybridized carbons (Fsp3) is 0.370. The number of hydrogen-bond acceptors (Lipinski definition) is 1. The molecule has 0 saturated heterocycles. The van der Waals surface area contributed by atoms with Crippen LogP contribution in [-0.2, 0) is 10.8 Å². The molecule has 0 unspecified atom stereocenters. The Morgan fingerprint density at radius 1 is 0.857 bits per heavy atom. The molecule has 1 heterocycles. The quantitative estimate of drug-likeness (QED) is 0.482. The van der Waals surface area contributed by atoms with E-state index in [0.29, 0.717) is 5.41 Å². The molecule has 0 radical (unpaired) electrons. The number of nitrogens with zero attached hydrogens (tertiary/aromatic N) is 1. The van der Waals surface area contributed by atoms with Crippen molar-refractivity contribution in [2.45, 2.75) is 56.8 Å². The summed E-state index contributed by atoms with van der Waals surface area (Å²) in [4.78, 5) is 4.87. The first kappa shape index (κ1) is 16.5. The SMILES string of the molecule is CC1(C)c2ccccc2-c2cccc(-c3cc(C45CCC(CC4)C5)ccn3)c21. The van der Waals surface area contributed by atoms with Gasteiger partial charge >= 0.3 is 0 Å². The molecule has 2 aromatic carbocycles. The lowest BCUT2D eigenvalue weighted by Crippen LogP contribution is -2.20. The van der Waals surface area contributed by atoms with E-state index in [1.54, 1.807) is 0 Å². The number of rotatable bonds is 2. The van der Waals surface area contributed by atoms with Gasteiger partial charge in [0.05, 0.1) is 5.69 Å². The van der Waals surface area contributed by atoms with Crippen LogP contribution < -0.4 is 0 Å². The molecule has 1 nitrogen and oxygen atoms in total. The molecule has 28 heavy (non-hydrogen) atoms. The standard InChI is InChI=1S/C27H27N/c1-26(2)23-9-4-3-6-20(23)21-7-5-8-22(25(21)26)24-16-19(12-15-28-24)27-13-10-18(17-27)11-14-27/h3-9,12,15-16,18H,10-11,13-14,17H2,1-2H3. The lowest BCUT2D eigenvalue weighted by atomic mass is 9.76. The first-order chi connectivity index (χ1) is 13.6. The van der Waals surface area contributed by atoms with E-state index < -0.39 is 0 Å². The Morgan fingerprint density at radius 3 is 2.39 bits per heavy atom. The summed E-state index contributed by atoms with van der Waals surface area (Å²) in [6, 6.07) is 20.4. The van der Waals surface area contributed by atoms with Crippen molar-refractivity contribution in [1.82, 2.24) is 4.98 Å². The van der Waals surface area contributed by atoms with Crippen molar-refractivity contribution in [2.75, 3.05) is 0 Å². The normalized spacial score (nSPS) is 26.3. The van der Waals surface area contributed by atoms with E-state index in [4.69, 9.17) is 4.98 Å². The first-order valence-electron chi connectivity index (χ1n) is 10.8. The lowest BCUT2D eigenvalue weighted by molar-refractivity contribution is 0.419. The molecule has 1 heteroatoms. The molecule has 1 aromatic heterocycles. The fourth-order valence-corrected chi connectivity index (χ4v) is 6.57. The summed E-state index contributed by atoms with van der Waals surface area (Å²) < 4.78 is 0. The molecule has 0 amide bonds. The molecule has 6 rings (SSSR count). The van der Waals surface area contributed by atoms with E-state index in [9.17, 15) is 0 Å². The van der Waals surface area contributed by atoms with Crippen molar-refractivity contribution in [3.63, 3.8) is 0 Å². The Morgan fingerprint density at radius 2 is 1.61 bits per heavy atom. The number of aromatic nitrogens is 1. The average molecular weight is 366 g/mol. The zero-order chi connectivity index (χ0) is 18.9. The summed E-state index contributed by atoms with van der Waals surface area (Å²) in [5.74, 6) is 0.964. The number of hydrogen-bond donors (Lipinski definition) is 0. The summed E-state index contributed by atoms with van der Waals surface area (Å²) in [6.07, 6.45) is 9.01. The lowest BCUT2D eigenvalue weighted by Gasteiger charge is -2.28. The predicted molar refractivity (Wildman–Crippen MR) is 115 cm³/mol. The van der Waals surface area contributed by atoms with E-state index in [1.807, 2.05) is 0 Å². The van der Waals surface area contributed by atoms with Crippen LogP contribution in [-0.4, -0.2) is 4.98 Å². The minimum atomic E-state index is 0.00427. The van der Waals surface area contributed by atoms with Crippen LogP contribution in [0.25, 0.3) is 22.4 Å². The van der Waals surface area contributed by atoms with Crippen molar-refractivity contribution in [1.29, 1.82) is 0 Å². The Hall–Kier alpha value is -2.41. The van der Waals surface area contributed by atoms with Crippen molar-refractivity contribution >= 4 is 0 Å². The van der Waals surface area contributed by atoms with Crippen LogP contribution in [0.5, 0.6) is 0 Å². The highest BCUT2D eigenvalue weighted by atomic mass is 14.7. The van der Waals surface area contributed by atoms with Crippen LogP contribution in [0.4, 0.5) is 0 Å². The van der Waals surface area contributed by atoms with E-state index in [0.717, 1.165) is 11.6 Å². The van der Waals surface area contributed by atoms with Gasteiger partial charge in [0.1, 0.15) is 0 Å². The van der Waals surface area contributed by atoms with Crippen molar-refractivity contribution in [3.8, 4) is 22.4 Å². The van der Waals surface area contributed by atoms with Gasteiger partial charge < -0.3 is 0 Å². The van der Waals surface area contributed by atoms with Crippen molar-refractivity contribution in [2.24, 2.45) is 5.92 Å². The molecule has 2 fully saturated rings. The molecule has 140 valence electrons. The van der Waals surface area contributed by atoms with Crippen molar-refractivity contribution in [3.05, 3.63) is 77.5 Å². The molecule has 0 atom stereocenters. The van der Waals surface area contributed by atoms with Gasteiger partial charge in [0.25, 0.3) is 0 Å². The minimum absolute atomic E-state index is 0.00427. The largest absolute Gasteiger partial charge is 0.256 e. The molecule has 0 N–H and O–H groups in total. The maximum atomic E-state index is 4.87. The molecule has 3 aliphatic carbocycles. The van der Waals surface area contributed by atoms with Crippen LogP contribution in [0.3, 0.4) is 0 Å². The maximum absolute atomic E-state index is 4.87. The second-order valence-corrected chi connectivity index (χ2v) is 9.76. The van der Waals surface area contributed by atoms with Gasteiger partial charge in [-0.3, -0.25) is 4.98 Å². The van der Waals surface area contributed by atoms with Crippen molar-refractivity contribution < 1.29 is 0 Å². The molecule has 0 spiro atoms. The summed E-state index contributed by atoms with van der Waals surface area (Å²) >= 11 is 0.